The van der Waals surface area contributed by atoms with E-state index in [1.807, 2.05) is 48.8 Å². The van der Waals surface area contributed by atoms with Crippen molar-refractivity contribution in [1.82, 2.24) is 9.55 Å². The Labute approximate surface area is 230 Å². The minimum absolute atomic E-state index is 0. The second-order valence-corrected chi connectivity index (χ2v) is 10.0. The van der Waals surface area contributed by atoms with Crippen LogP contribution >= 0.6 is 0 Å². The lowest BCUT2D eigenvalue weighted by atomic mass is 9.85. The van der Waals surface area contributed by atoms with Gasteiger partial charge >= 0.3 is 5.97 Å². The van der Waals surface area contributed by atoms with Crippen molar-refractivity contribution >= 4 is 16.9 Å². The zero-order chi connectivity index (χ0) is 26.0. The van der Waals surface area contributed by atoms with Crippen molar-refractivity contribution in [2.45, 2.75) is 45.1 Å². The number of ether oxygens (including phenoxy) is 3. The summed E-state index contributed by atoms with van der Waals surface area (Å²) in [5, 5.41) is 12.4. The van der Waals surface area contributed by atoms with Gasteiger partial charge in [-0.2, -0.15) is 0 Å². The first-order chi connectivity index (χ1) is 18.4. The molecule has 0 radical (unpaired) electrons. The van der Waals surface area contributed by atoms with Gasteiger partial charge in [0.1, 0.15) is 25.4 Å². The number of fused-ring (bicyclic) bond motifs is 6. The number of hydrogen-bond donors (Lipinski definition) is 1. The number of cyclic esters (lactones) is 1. The molecule has 39 heavy (non-hydrogen) atoms. The number of benzene rings is 1. The summed E-state index contributed by atoms with van der Waals surface area (Å²) in [6.07, 6.45) is 4.08. The molecule has 1 N–H and O–H groups in total. The number of carbonyl (C=O) groups is 1. The maximum absolute atomic E-state index is 13.8. The minimum Gasteiger partial charge on any atom is -1.00 e. The van der Waals surface area contributed by atoms with Crippen LogP contribution in [0.3, 0.4) is 0 Å². The normalized spacial score (nSPS) is 18.9. The van der Waals surface area contributed by atoms with Crippen LogP contribution in [0.15, 0.2) is 53.6 Å². The summed E-state index contributed by atoms with van der Waals surface area (Å²) in [4.78, 5) is 31.1. The second kappa shape index (κ2) is 9.36. The van der Waals surface area contributed by atoms with Gasteiger partial charge in [-0.15, -0.1) is 0 Å². The van der Waals surface area contributed by atoms with Gasteiger partial charge in [0.2, 0.25) is 0 Å². The third kappa shape index (κ3) is 3.95. The first-order valence-corrected chi connectivity index (χ1v) is 12.8. The summed E-state index contributed by atoms with van der Waals surface area (Å²) < 4.78 is 20.8. The molecule has 0 amide bonds. The number of rotatable bonds is 3. The van der Waals surface area contributed by atoms with Gasteiger partial charge < -0.3 is 36.3 Å². The number of aliphatic hydroxyl groups is 1. The maximum atomic E-state index is 13.8. The Morgan fingerprint density at radius 3 is 2.51 bits per heavy atom. The van der Waals surface area contributed by atoms with Gasteiger partial charge in [0.15, 0.2) is 30.4 Å². The monoisotopic (exact) mass is 547 g/mol. The molecule has 0 saturated heterocycles. The molecule has 0 saturated carbocycles. The molecule has 1 unspecified atom stereocenters. The van der Waals surface area contributed by atoms with Crippen molar-refractivity contribution in [3.63, 3.8) is 0 Å². The summed E-state index contributed by atoms with van der Waals surface area (Å²) in [7, 11) is 0. The standard InChI is InChI=1S/C29H26N3O6.ClH/c1-2-29(35)13-26(33)38-16-20-21(29)11-23-27-19(15-32(23)28(20)34)18(14-31-6-4-3-5-7-31)17-10-24-25(12-22(17)30-27)37-9-8-36-24;/h3-7,10-12,35H,2,8-9,13-16H2,1H3;1H/q+1;/p-1. The third-order valence-corrected chi connectivity index (χ3v) is 7.85. The number of aromatic nitrogens is 3. The lowest BCUT2D eigenvalue weighted by Crippen LogP contribution is -3.00. The van der Waals surface area contributed by atoms with Crippen molar-refractivity contribution in [3.05, 3.63) is 81.4 Å². The predicted molar refractivity (Wildman–Crippen MR) is 136 cm³/mol. The first-order valence-electron chi connectivity index (χ1n) is 12.8. The Hall–Kier alpha value is -3.95. The molecule has 4 aromatic rings. The van der Waals surface area contributed by atoms with Crippen molar-refractivity contribution < 1.29 is 41.1 Å². The fourth-order valence-corrected chi connectivity index (χ4v) is 5.80. The summed E-state index contributed by atoms with van der Waals surface area (Å²) in [6.45, 7) is 3.49. The molecule has 7 rings (SSSR count). The molecule has 3 aliphatic rings. The maximum Gasteiger partial charge on any atom is 0.309 e. The number of esters is 1. The molecular formula is C29H26ClN3O6. The number of hydrogen-bond acceptors (Lipinski definition) is 7. The number of nitrogens with zero attached hydrogens (tertiary/aromatic N) is 3. The molecule has 9 nitrogen and oxygen atoms in total. The molecule has 1 atom stereocenters. The van der Waals surface area contributed by atoms with Crippen molar-refractivity contribution in [2.75, 3.05) is 13.2 Å². The van der Waals surface area contributed by atoms with E-state index in [2.05, 4.69) is 4.57 Å². The highest BCUT2D eigenvalue weighted by Crippen LogP contribution is 2.42. The minimum atomic E-state index is -1.48. The highest BCUT2D eigenvalue weighted by molar-refractivity contribution is 5.90. The van der Waals surface area contributed by atoms with E-state index in [0.29, 0.717) is 60.3 Å². The van der Waals surface area contributed by atoms with Crippen LogP contribution in [-0.4, -0.2) is 33.8 Å². The Morgan fingerprint density at radius 2 is 1.77 bits per heavy atom. The van der Waals surface area contributed by atoms with Crippen LogP contribution in [0, 0.1) is 0 Å². The summed E-state index contributed by atoms with van der Waals surface area (Å²) in [5.74, 6) is 0.802. The van der Waals surface area contributed by atoms with Gasteiger partial charge in [-0.1, -0.05) is 13.0 Å². The number of halogens is 1. The van der Waals surface area contributed by atoms with Crippen LogP contribution in [0.4, 0.5) is 0 Å². The quantitative estimate of drug-likeness (QED) is 0.242. The Morgan fingerprint density at radius 1 is 1.03 bits per heavy atom. The van der Waals surface area contributed by atoms with Gasteiger partial charge in [0.05, 0.1) is 35.4 Å². The molecule has 0 bridgehead atoms. The lowest BCUT2D eigenvalue weighted by molar-refractivity contribution is -0.688. The number of pyridine rings is 3. The van der Waals surface area contributed by atoms with E-state index in [0.717, 1.165) is 22.0 Å². The van der Waals surface area contributed by atoms with Crippen molar-refractivity contribution in [1.29, 1.82) is 0 Å². The van der Waals surface area contributed by atoms with E-state index < -0.39 is 11.6 Å². The van der Waals surface area contributed by atoms with Crippen LogP contribution in [0.2, 0.25) is 0 Å². The smallest absolute Gasteiger partial charge is 0.309 e. The molecule has 10 heteroatoms. The van der Waals surface area contributed by atoms with Gasteiger partial charge in [-0.25, -0.2) is 9.55 Å². The average Bonchev–Trinajstić information content (AvgIpc) is 3.24. The van der Waals surface area contributed by atoms with Crippen molar-refractivity contribution in [3.8, 4) is 22.9 Å². The zero-order valence-corrected chi connectivity index (χ0v) is 22.0. The molecule has 0 aliphatic carbocycles. The van der Waals surface area contributed by atoms with E-state index in [4.69, 9.17) is 19.2 Å². The molecule has 200 valence electrons. The SMILES string of the molecule is CCC1(O)CC(=O)OCc2c1cc1n(c2=O)Cc2c-1nc1cc3c(cc1c2C[n+]1ccccc1)OCCO3.[Cl-]. The fourth-order valence-electron chi connectivity index (χ4n) is 5.80. The molecular weight excluding hydrogens is 522 g/mol. The zero-order valence-electron chi connectivity index (χ0n) is 21.3. The Bertz CT molecular complexity index is 1700. The van der Waals surface area contributed by atoms with Crippen LogP contribution < -0.4 is 32.0 Å². The van der Waals surface area contributed by atoms with E-state index in [1.165, 1.54) is 0 Å². The van der Waals surface area contributed by atoms with Gasteiger partial charge in [-0.3, -0.25) is 9.59 Å². The van der Waals surface area contributed by atoms with Gasteiger partial charge in [-0.05, 0) is 24.1 Å². The third-order valence-electron chi connectivity index (χ3n) is 7.85. The molecule has 0 spiro atoms. The van der Waals surface area contributed by atoms with E-state index in [-0.39, 0.29) is 37.4 Å². The van der Waals surface area contributed by atoms with Gasteiger partial charge in [0.25, 0.3) is 5.56 Å². The molecule has 6 heterocycles. The molecule has 3 aromatic heterocycles. The second-order valence-electron chi connectivity index (χ2n) is 10.0. The van der Waals surface area contributed by atoms with Gasteiger partial charge in [0, 0.05) is 34.7 Å². The summed E-state index contributed by atoms with van der Waals surface area (Å²) in [5.41, 5.74) is 3.04. The highest BCUT2D eigenvalue weighted by Gasteiger charge is 2.40. The fraction of sp³-hybridized carbons (Fsp3) is 0.310. The molecule has 3 aliphatic heterocycles. The van der Waals surface area contributed by atoms with E-state index in [9.17, 15) is 14.7 Å². The lowest BCUT2D eigenvalue weighted by Gasteiger charge is -2.26. The topological polar surface area (TPSA) is 104 Å². The van der Waals surface area contributed by atoms with Crippen LogP contribution in [0.5, 0.6) is 11.5 Å². The van der Waals surface area contributed by atoms with Crippen molar-refractivity contribution in [2.24, 2.45) is 0 Å². The predicted octanol–water partition coefficient (Wildman–Crippen LogP) is -0.419. The number of carbonyl (C=O) groups excluding carboxylic acids is 1. The van der Waals surface area contributed by atoms with Crippen LogP contribution in [0.25, 0.3) is 22.3 Å². The van der Waals surface area contributed by atoms with E-state index in [1.54, 1.807) is 11.5 Å². The summed E-state index contributed by atoms with van der Waals surface area (Å²) in [6, 6.07) is 11.6. The van der Waals surface area contributed by atoms with Crippen LogP contribution in [-0.2, 0) is 34.8 Å². The largest absolute Gasteiger partial charge is 1.00 e. The van der Waals surface area contributed by atoms with E-state index >= 15 is 0 Å². The Balaban J connectivity index is 0.00000277. The average molecular weight is 548 g/mol. The van der Waals surface area contributed by atoms with Crippen LogP contribution in [0.1, 0.15) is 42.0 Å². The highest BCUT2D eigenvalue weighted by atomic mass is 35.5. The Kier molecular flexibility index (Phi) is 6.08. The molecule has 1 aromatic carbocycles. The first kappa shape index (κ1) is 25.3. The molecule has 0 fully saturated rings. The summed E-state index contributed by atoms with van der Waals surface area (Å²) >= 11 is 0.